The van der Waals surface area contributed by atoms with Crippen LogP contribution >= 0.6 is 7.82 Å². The van der Waals surface area contributed by atoms with Crippen molar-refractivity contribution in [2.75, 3.05) is 19.8 Å². The number of allylic oxidation sites excluding steroid dienone is 14. The van der Waals surface area contributed by atoms with Crippen LogP contribution in [0.15, 0.2) is 85.1 Å². The fraction of sp³-hybridized carbons (Fsp3) is 0.609. The number of carboxylic acid groups (broad SMARTS) is 1. The predicted molar refractivity (Wildman–Crippen MR) is 235 cm³/mol. The summed E-state index contributed by atoms with van der Waals surface area (Å²) in [6.07, 6.45) is 45.1. The van der Waals surface area contributed by atoms with Gasteiger partial charge in [-0.3, -0.25) is 28.2 Å². The molecule has 0 heterocycles. The van der Waals surface area contributed by atoms with Crippen molar-refractivity contribution in [1.29, 1.82) is 0 Å². The number of carbonyl (C=O) groups excluding carboxylic acids is 3. The Morgan fingerprint density at radius 1 is 0.576 bits per heavy atom. The molecular formula is C46H74NO11P. The molecule has 0 aromatic rings. The Kier molecular flexibility index (Phi) is 37.3. The summed E-state index contributed by atoms with van der Waals surface area (Å²) in [6, 6.07) is -1.57. The number of ketones is 1. The van der Waals surface area contributed by atoms with Crippen molar-refractivity contribution in [3.63, 3.8) is 0 Å². The SMILES string of the molecule is CCCCC/C=C\C/C=C\C/C=C\C=C\C(=O)CCCC(=O)O[C@H](COC(=O)CCCCCC/C=C\C/C=C\C/C=C\CCCCC)COP(=O)(O)OC[C@H](N)C(=O)O. The van der Waals surface area contributed by atoms with Gasteiger partial charge in [-0.25, -0.2) is 4.57 Å². The van der Waals surface area contributed by atoms with Crippen LogP contribution in [0.1, 0.15) is 149 Å². The number of esters is 2. The lowest BCUT2D eigenvalue weighted by Gasteiger charge is -2.20. The van der Waals surface area contributed by atoms with E-state index >= 15 is 0 Å². The molecule has 0 radical (unpaired) electrons. The Morgan fingerprint density at radius 3 is 1.63 bits per heavy atom. The summed E-state index contributed by atoms with van der Waals surface area (Å²) < 4.78 is 32.4. The van der Waals surface area contributed by atoms with Crippen LogP contribution < -0.4 is 5.73 Å². The number of aliphatic carboxylic acids is 1. The van der Waals surface area contributed by atoms with Gasteiger partial charge in [-0.15, -0.1) is 0 Å². The van der Waals surface area contributed by atoms with Gasteiger partial charge in [0.2, 0.25) is 0 Å². The molecule has 334 valence electrons. The molecule has 0 aromatic carbocycles. The first-order valence-electron chi connectivity index (χ1n) is 21.6. The first-order valence-corrected chi connectivity index (χ1v) is 23.1. The maximum absolute atomic E-state index is 12.6. The molecule has 0 amide bonds. The molecule has 12 nitrogen and oxygen atoms in total. The van der Waals surface area contributed by atoms with Crippen LogP contribution in [-0.4, -0.2) is 65.7 Å². The van der Waals surface area contributed by atoms with Gasteiger partial charge in [-0.2, -0.15) is 0 Å². The third kappa shape index (κ3) is 39.6. The molecule has 0 saturated carbocycles. The van der Waals surface area contributed by atoms with E-state index in [0.29, 0.717) is 6.42 Å². The number of carboxylic acids is 1. The Hall–Kier alpha value is -3.67. The average molecular weight is 848 g/mol. The maximum atomic E-state index is 12.6. The lowest BCUT2D eigenvalue weighted by Crippen LogP contribution is -2.34. The van der Waals surface area contributed by atoms with Crippen LogP contribution in [0.3, 0.4) is 0 Å². The zero-order valence-corrected chi connectivity index (χ0v) is 36.7. The molecule has 0 aliphatic carbocycles. The largest absolute Gasteiger partial charge is 0.480 e. The van der Waals surface area contributed by atoms with E-state index in [1.165, 1.54) is 44.6 Å². The number of ether oxygens (including phenoxy) is 2. The van der Waals surface area contributed by atoms with Crippen LogP contribution in [0.5, 0.6) is 0 Å². The molecule has 0 bridgehead atoms. The molecule has 13 heteroatoms. The first-order chi connectivity index (χ1) is 28.5. The summed E-state index contributed by atoms with van der Waals surface area (Å²) in [7, 11) is -4.79. The quantitative estimate of drug-likeness (QED) is 0.0133. The highest BCUT2D eigenvalue weighted by Gasteiger charge is 2.28. The number of unbranched alkanes of at least 4 members (excludes halogenated alkanes) is 10. The number of hydrogen-bond donors (Lipinski definition) is 3. The Labute approximate surface area is 354 Å². The lowest BCUT2D eigenvalue weighted by molar-refractivity contribution is -0.161. The van der Waals surface area contributed by atoms with Crippen molar-refractivity contribution in [1.82, 2.24) is 0 Å². The zero-order valence-electron chi connectivity index (χ0n) is 35.8. The van der Waals surface area contributed by atoms with E-state index < -0.39 is 57.7 Å². The van der Waals surface area contributed by atoms with Crippen LogP contribution in [-0.2, 0) is 42.3 Å². The minimum atomic E-state index is -4.79. The second-order valence-electron chi connectivity index (χ2n) is 14.2. The van der Waals surface area contributed by atoms with E-state index in [0.717, 1.165) is 64.2 Å². The fourth-order valence-electron chi connectivity index (χ4n) is 5.14. The third-order valence-electron chi connectivity index (χ3n) is 8.59. The van der Waals surface area contributed by atoms with Gasteiger partial charge in [-0.05, 0) is 83.1 Å². The summed E-state index contributed by atoms with van der Waals surface area (Å²) in [6.45, 7) is 2.46. The molecule has 59 heavy (non-hydrogen) atoms. The van der Waals surface area contributed by atoms with Crippen molar-refractivity contribution < 1.29 is 52.3 Å². The lowest BCUT2D eigenvalue weighted by atomic mass is 10.1. The van der Waals surface area contributed by atoms with Crippen molar-refractivity contribution >= 4 is 31.5 Å². The molecule has 1 unspecified atom stereocenters. The topological polar surface area (TPSA) is 189 Å². The van der Waals surface area contributed by atoms with Crippen molar-refractivity contribution in [3.05, 3.63) is 85.1 Å². The molecule has 0 rings (SSSR count). The van der Waals surface area contributed by atoms with Crippen molar-refractivity contribution in [2.24, 2.45) is 5.73 Å². The second-order valence-corrected chi connectivity index (χ2v) is 15.6. The summed E-state index contributed by atoms with van der Waals surface area (Å²) in [5.74, 6) is -2.88. The highest BCUT2D eigenvalue weighted by atomic mass is 31.2. The Balaban J connectivity index is 4.63. The predicted octanol–water partition coefficient (Wildman–Crippen LogP) is 10.7. The van der Waals surface area contributed by atoms with E-state index in [1.807, 2.05) is 6.08 Å². The Morgan fingerprint density at radius 2 is 1.07 bits per heavy atom. The molecule has 0 saturated heterocycles. The van der Waals surface area contributed by atoms with Gasteiger partial charge in [0.1, 0.15) is 12.6 Å². The van der Waals surface area contributed by atoms with E-state index in [1.54, 1.807) is 12.2 Å². The molecular weight excluding hydrogens is 773 g/mol. The van der Waals surface area contributed by atoms with Crippen molar-refractivity contribution in [3.8, 4) is 0 Å². The van der Waals surface area contributed by atoms with Crippen LogP contribution in [0.2, 0.25) is 0 Å². The average Bonchev–Trinajstić information content (AvgIpc) is 3.20. The van der Waals surface area contributed by atoms with E-state index in [4.69, 9.17) is 24.8 Å². The molecule has 0 fully saturated rings. The molecule has 4 N–H and O–H groups in total. The number of phosphoric ester groups is 1. The number of hydrogen-bond acceptors (Lipinski definition) is 10. The fourth-order valence-corrected chi connectivity index (χ4v) is 5.92. The van der Waals surface area contributed by atoms with Gasteiger partial charge in [0.15, 0.2) is 11.9 Å². The molecule has 0 aromatic heterocycles. The van der Waals surface area contributed by atoms with E-state index in [9.17, 15) is 28.6 Å². The van der Waals surface area contributed by atoms with Crippen LogP contribution in [0.4, 0.5) is 0 Å². The van der Waals surface area contributed by atoms with Crippen molar-refractivity contribution in [2.45, 2.75) is 161 Å². The molecule has 0 aliphatic heterocycles. The standard InChI is InChI=1S/C46H74NO11P/c1-3-5-7-9-11-13-15-17-18-19-20-22-24-26-28-30-32-36-44(49)55-38-42(39-56-59(53,54)57-40-43(47)46(51)52)58-45(50)37-33-35-41(48)34-31-29-27-25-23-21-16-14-12-10-8-6-4-2/h11-14,17-18,20-23,27,29,31,34,42-43H,3-10,15-16,19,24-26,28,30,32-33,35-40,47H2,1-2H3,(H,51,52)(H,53,54)/b13-11-,14-12-,18-17-,22-20-,23-21-,29-27-,34-31+/t42-,43+/m1/s1. The van der Waals surface area contributed by atoms with E-state index in [-0.39, 0.29) is 31.5 Å². The highest BCUT2D eigenvalue weighted by molar-refractivity contribution is 7.47. The monoisotopic (exact) mass is 847 g/mol. The zero-order chi connectivity index (χ0) is 43.7. The normalized spacial score (nSPS) is 14.4. The maximum Gasteiger partial charge on any atom is 0.472 e. The number of rotatable bonds is 39. The molecule has 0 spiro atoms. The Bertz CT molecular complexity index is 1380. The summed E-state index contributed by atoms with van der Waals surface area (Å²) >= 11 is 0. The van der Waals surface area contributed by atoms with Gasteiger partial charge in [0.05, 0.1) is 13.2 Å². The third-order valence-corrected chi connectivity index (χ3v) is 9.54. The smallest absolute Gasteiger partial charge is 0.472 e. The van der Waals surface area contributed by atoms with E-state index in [2.05, 4.69) is 79.1 Å². The highest BCUT2D eigenvalue weighted by Crippen LogP contribution is 2.43. The molecule has 3 atom stereocenters. The second kappa shape index (κ2) is 39.8. The van der Waals surface area contributed by atoms with Crippen LogP contribution in [0, 0.1) is 0 Å². The number of carbonyl (C=O) groups is 4. The van der Waals surface area contributed by atoms with Gasteiger partial charge in [0.25, 0.3) is 0 Å². The minimum Gasteiger partial charge on any atom is -0.480 e. The van der Waals surface area contributed by atoms with Gasteiger partial charge in [-0.1, -0.05) is 131 Å². The van der Waals surface area contributed by atoms with Crippen LogP contribution in [0.25, 0.3) is 0 Å². The van der Waals surface area contributed by atoms with Gasteiger partial charge >= 0.3 is 25.7 Å². The van der Waals surface area contributed by atoms with Gasteiger partial charge < -0.3 is 25.2 Å². The molecule has 0 aliphatic rings. The summed E-state index contributed by atoms with van der Waals surface area (Å²) in [5, 5.41) is 8.88. The number of nitrogens with two attached hydrogens (primary N) is 1. The summed E-state index contributed by atoms with van der Waals surface area (Å²) in [5.41, 5.74) is 5.31. The van der Waals surface area contributed by atoms with Gasteiger partial charge in [0, 0.05) is 19.3 Å². The minimum absolute atomic E-state index is 0.0919. The first kappa shape index (κ1) is 55.3. The summed E-state index contributed by atoms with van der Waals surface area (Å²) in [4.78, 5) is 58.2. The number of phosphoric acid groups is 1.